The zero-order valence-corrected chi connectivity index (χ0v) is 13.3. The lowest BCUT2D eigenvalue weighted by molar-refractivity contribution is 0.415. The van der Waals surface area contributed by atoms with Crippen LogP contribution >= 0.6 is 0 Å². The fourth-order valence-corrected chi connectivity index (χ4v) is 2.18. The van der Waals surface area contributed by atoms with Crippen LogP contribution in [-0.4, -0.2) is 16.9 Å². The highest BCUT2D eigenvalue weighted by atomic mass is 19.1. The van der Waals surface area contributed by atoms with Crippen molar-refractivity contribution in [2.75, 3.05) is 12.8 Å². The molecule has 0 spiro atoms. The average molecular weight is 325 g/mol. The Morgan fingerprint density at radius 1 is 1.04 bits per heavy atom. The number of halogens is 1. The van der Waals surface area contributed by atoms with Gasteiger partial charge in [0.05, 0.1) is 12.8 Å². The normalized spacial score (nSPS) is 11.1. The molecule has 0 aliphatic carbocycles. The van der Waals surface area contributed by atoms with Crippen LogP contribution in [0.25, 0.3) is 11.3 Å². The van der Waals surface area contributed by atoms with Gasteiger partial charge in [-0.05, 0) is 48.5 Å². The summed E-state index contributed by atoms with van der Waals surface area (Å²) in [5.74, 6) is 0.817. The fourth-order valence-electron chi connectivity index (χ4n) is 2.18. The van der Waals surface area contributed by atoms with Gasteiger partial charge in [-0.2, -0.15) is 10.2 Å². The van der Waals surface area contributed by atoms with Gasteiger partial charge in [-0.15, -0.1) is 5.11 Å². The molecule has 24 heavy (non-hydrogen) atoms. The molecule has 1 heterocycles. The van der Waals surface area contributed by atoms with Crippen molar-refractivity contribution in [2.45, 2.75) is 0 Å². The zero-order chi connectivity index (χ0) is 17.1. The Morgan fingerprint density at radius 2 is 1.71 bits per heavy atom. The Balaban J connectivity index is 1.99. The number of nitrogens with two attached hydrogens (primary N) is 1. The molecule has 0 saturated heterocycles. The van der Waals surface area contributed by atoms with E-state index in [1.54, 1.807) is 31.0 Å². The monoisotopic (exact) mass is 325 g/mol. The first-order valence-corrected chi connectivity index (χ1v) is 7.22. The van der Waals surface area contributed by atoms with Crippen LogP contribution in [0.3, 0.4) is 0 Å². The minimum absolute atomic E-state index is 0.325. The molecular weight excluding hydrogens is 309 g/mol. The van der Waals surface area contributed by atoms with E-state index in [2.05, 4.69) is 15.3 Å². The minimum atomic E-state index is -0.325. The number of benzene rings is 2. The number of rotatable bonds is 4. The molecule has 0 aliphatic rings. The van der Waals surface area contributed by atoms with Crippen molar-refractivity contribution in [3.05, 3.63) is 54.3 Å². The molecule has 0 bridgehead atoms. The maximum absolute atomic E-state index is 12.9. The van der Waals surface area contributed by atoms with E-state index in [1.807, 2.05) is 24.3 Å². The molecule has 3 aromatic rings. The van der Waals surface area contributed by atoms with Crippen LogP contribution in [0.5, 0.6) is 5.75 Å². The predicted molar refractivity (Wildman–Crippen MR) is 90.2 cm³/mol. The molecule has 0 aliphatic heterocycles. The van der Waals surface area contributed by atoms with E-state index in [0.29, 0.717) is 22.9 Å². The largest absolute Gasteiger partial charge is 0.497 e. The van der Waals surface area contributed by atoms with Gasteiger partial charge in [0.2, 0.25) is 0 Å². The Labute approximate surface area is 138 Å². The van der Waals surface area contributed by atoms with Crippen molar-refractivity contribution in [2.24, 2.45) is 17.3 Å². The first-order valence-electron chi connectivity index (χ1n) is 7.22. The number of hydrogen-bond donors (Lipinski definition) is 1. The second kappa shape index (κ2) is 6.49. The quantitative estimate of drug-likeness (QED) is 0.729. The number of ether oxygens (including phenoxy) is 1. The highest BCUT2D eigenvalue weighted by molar-refractivity contribution is 5.79. The van der Waals surface area contributed by atoms with Gasteiger partial charge in [-0.3, -0.25) is 4.68 Å². The summed E-state index contributed by atoms with van der Waals surface area (Å²) < 4.78 is 19.6. The van der Waals surface area contributed by atoms with Gasteiger partial charge in [0, 0.05) is 12.6 Å². The number of hydrogen-bond acceptors (Lipinski definition) is 5. The lowest BCUT2D eigenvalue weighted by Gasteiger charge is -2.01. The van der Waals surface area contributed by atoms with Crippen molar-refractivity contribution in [1.29, 1.82) is 0 Å². The summed E-state index contributed by atoms with van der Waals surface area (Å²) in [6.45, 7) is 0. The van der Waals surface area contributed by atoms with Crippen molar-refractivity contribution >= 4 is 17.2 Å². The van der Waals surface area contributed by atoms with Gasteiger partial charge in [0.15, 0.2) is 5.69 Å². The van der Waals surface area contributed by atoms with Crippen LogP contribution in [0.15, 0.2) is 58.8 Å². The Hall–Kier alpha value is -3.22. The number of nitrogen functional groups attached to an aromatic ring is 1. The van der Waals surface area contributed by atoms with Crippen LogP contribution < -0.4 is 10.5 Å². The number of aromatic nitrogens is 2. The van der Waals surface area contributed by atoms with E-state index in [-0.39, 0.29) is 5.82 Å². The second-order valence-electron chi connectivity index (χ2n) is 5.11. The highest BCUT2D eigenvalue weighted by Crippen LogP contribution is 2.36. The molecule has 7 heteroatoms. The summed E-state index contributed by atoms with van der Waals surface area (Å²) in [6, 6.07) is 13.1. The van der Waals surface area contributed by atoms with Gasteiger partial charge < -0.3 is 10.5 Å². The molecule has 0 fully saturated rings. The lowest BCUT2D eigenvalue weighted by Crippen LogP contribution is -1.96. The molecule has 2 N–H and O–H groups in total. The standard InChI is InChI=1S/C17H16FN5O/c1-23-17(19)16(21-20-13-7-5-12(18)6-8-13)15(22-23)11-3-9-14(24-2)10-4-11/h3-10H,19H2,1-2H3. The Bertz CT molecular complexity index is 869. The number of anilines is 1. The van der Waals surface area contributed by atoms with E-state index in [9.17, 15) is 4.39 Å². The molecule has 0 radical (unpaired) electrons. The molecular formula is C17H16FN5O. The number of nitrogens with zero attached hydrogens (tertiary/aromatic N) is 4. The number of aryl methyl sites for hydroxylation is 1. The summed E-state index contributed by atoms with van der Waals surface area (Å²) in [7, 11) is 3.34. The molecule has 122 valence electrons. The fraction of sp³-hybridized carbons (Fsp3) is 0.118. The SMILES string of the molecule is COc1ccc(-c2nn(C)c(N)c2N=Nc2ccc(F)cc2)cc1. The van der Waals surface area contributed by atoms with Gasteiger partial charge in [0.25, 0.3) is 0 Å². The van der Waals surface area contributed by atoms with Gasteiger partial charge in [-0.1, -0.05) is 0 Å². The van der Waals surface area contributed by atoms with E-state index in [1.165, 1.54) is 12.1 Å². The van der Waals surface area contributed by atoms with Crippen LogP contribution in [-0.2, 0) is 7.05 Å². The lowest BCUT2D eigenvalue weighted by atomic mass is 10.1. The molecule has 2 aromatic carbocycles. The van der Waals surface area contributed by atoms with E-state index in [4.69, 9.17) is 10.5 Å². The molecule has 0 unspecified atom stereocenters. The Morgan fingerprint density at radius 3 is 2.33 bits per heavy atom. The summed E-state index contributed by atoms with van der Waals surface area (Å²) in [6.07, 6.45) is 0. The maximum Gasteiger partial charge on any atom is 0.155 e. The molecule has 0 saturated carbocycles. The zero-order valence-electron chi connectivity index (χ0n) is 13.3. The van der Waals surface area contributed by atoms with E-state index >= 15 is 0 Å². The third-order valence-corrected chi connectivity index (χ3v) is 3.52. The van der Waals surface area contributed by atoms with Crippen LogP contribution in [0.1, 0.15) is 0 Å². The molecule has 6 nitrogen and oxygen atoms in total. The first-order chi connectivity index (χ1) is 11.6. The summed E-state index contributed by atoms with van der Waals surface area (Å²) in [4.78, 5) is 0. The topological polar surface area (TPSA) is 77.8 Å². The van der Waals surface area contributed by atoms with E-state index in [0.717, 1.165) is 11.3 Å². The van der Waals surface area contributed by atoms with Crippen LogP contribution in [0.4, 0.5) is 21.6 Å². The van der Waals surface area contributed by atoms with E-state index < -0.39 is 0 Å². The summed E-state index contributed by atoms with van der Waals surface area (Å²) in [5.41, 5.74) is 8.50. The third kappa shape index (κ3) is 3.10. The number of azo groups is 1. The second-order valence-corrected chi connectivity index (χ2v) is 5.11. The minimum Gasteiger partial charge on any atom is -0.497 e. The van der Waals surface area contributed by atoms with Gasteiger partial charge >= 0.3 is 0 Å². The van der Waals surface area contributed by atoms with Gasteiger partial charge in [-0.25, -0.2) is 4.39 Å². The van der Waals surface area contributed by atoms with Crippen LogP contribution in [0.2, 0.25) is 0 Å². The van der Waals surface area contributed by atoms with Gasteiger partial charge in [0.1, 0.15) is 23.1 Å². The number of methoxy groups -OCH3 is 1. The van der Waals surface area contributed by atoms with Crippen LogP contribution in [0, 0.1) is 5.82 Å². The molecule has 0 amide bonds. The summed E-state index contributed by atoms with van der Waals surface area (Å²) >= 11 is 0. The van der Waals surface area contributed by atoms with Crippen molar-refractivity contribution in [3.63, 3.8) is 0 Å². The highest BCUT2D eigenvalue weighted by Gasteiger charge is 2.15. The molecule has 1 aromatic heterocycles. The molecule has 3 rings (SSSR count). The summed E-state index contributed by atoms with van der Waals surface area (Å²) in [5, 5.41) is 12.7. The predicted octanol–water partition coefficient (Wildman–Crippen LogP) is 4.23. The van der Waals surface area contributed by atoms with Crippen molar-refractivity contribution < 1.29 is 9.13 Å². The smallest absolute Gasteiger partial charge is 0.155 e. The third-order valence-electron chi connectivity index (χ3n) is 3.52. The Kier molecular flexibility index (Phi) is 4.24. The van der Waals surface area contributed by atoms with Crippen molar-refractivity contribution in [3.8, 4) is 17.0 Å². The maximum atomic E-state index is 12.9. The average Bonchev–Trinajstić information content (AvgIpc) is 2.89. The first kappa shape index (κ1) is 15.7. The molecule has 0 atom stereocenters. The van der Waals surface area contributed by atoms with Crippen molar-refractivity contribution in [1.82, 2.24) is 9.78 Å².